The van der Waals surface area contributed by atoms with Crippen LogP contribution in [0.15, 0.2) is 76.2 Å². The predicted octanol–water partition coefficient (Wildman–Crippen LogP) is 3.71. The fourth-order valence-electron chi connectivity index (χ4n) is 3.63. The fraction of sp³-hybridized carbons (Fsp3) is 0.292. The van der Waals surface area contributed by atoms with E-state index in [2.05, 4.69) is 5.32 Å². The summed E-state index contributed by atoms with van der Waals surface area (Å²) in [7, 11) is -3.48. The van der Waals surface area contributed by atoms with Crippen molar-refractivity contribution in [3.63, 3.8) is 0 Å². The largest absolute Gasteiger partial charge is 0.467 e. The van der Waals surface area contributed by atoms with Crippen LogP contribution in [0.2, 0.25) is 0 Å². The van der Waals surface area contributed by atoms with Crippen molar-refractivity contribution in [3.05, 3.63) is 89.4 Å². The molecule has 1 amide bonds. The second-order valence-corrected chi connectivity index (χ2v) is 9.65. The molecule has 0 spiro atoms. The summed E-state index contributed by atoms with van der Waals surface area (Å²) >= 11 is 0. The fourth-order valence-corrected chi connectivity index (χ4v) is 5.15. The molecule has 7 nitrogen and oxygen atoms in total. The van der Waals surface area contributed by atoms with Crippen molar-refractivity contribution >= 4 is 15.9 Å². The summed E-state index contributed by atoms with van der Waals surface area (Å²) in [5.41, 5.74) is 2.37. The van der Waals surface area contributed by atoms with Crippen LogP contribution in [0.1, 0.15) is 40.1 Å². The molecule has 2 aromatic carbocycles. The molecule has 1 fully saturated rings. The minimum atomic E-state index is -3.48. The van der Waals surface area contributed by atoms with E-state index in [1.165, 1.54) is 16.4 Å². The van der Waals surface area contributed by atoms with Crippen molar-refractivity contribution in [2.24, 2.45) is 0 Å². The molecule has 0 radical (unpaired) electrons. The van der Waals surface area contributed by atoms with Crippen LogP contribution in [-0.2, 0) is 34.5 Å². The van der Waals surface area contributed by atoms with Crippen molar-refractivity contribution in [3.8, 4) is 0 Å². The minimum absolute atomic E-state index is 0.221. The number of amides is 1. The Morgan fingerprint density at radius 2 is 1.72 bits per heavy atom. The number of hydrogen-bond donors (Lipinski definition) is 1. The molecule has 1 aliphatic heterocycles. The first-order chi connectivity index (χ1) is 15.5. The first kappa shape index (κ1) is 22.3. The van der Waals surface area contributed by atoms with Gasteiger partial charge in [0.1, 0.15) is 12.4 Å². The van der Waals surface area contributed by atoms with Gasteiger partial charge < -0.3 is 14.5 Å². The molecule has 8 heteroatoms. The lowest BCUT2D eigenvalue weighted by Crippen LogP contribution is -2.28. The zero-order valence-corrected chi connectivity index (χ0v) is 18.5. The molecule has 1 saturated heterocycles. The van der Waals surface area contributed by atoms with E-state index in [9.17, 15) is 13.2 Å². The molecule has 0 bridgehead atoms. The van der Waals surface area contributed by atoms with Crippen LogP contribution in [0.3, 0.4) is 0 Å². The zero-order chi connectivity index (χ0) is 22.4. The van der Waals surface area contributed by atoms with E-state index in [0.29, 0.717) is 38.4 Å². The Hall–Kier alpha value is -2.94. The van der Waals surface area contributed by atoms with Gasteiger partial charge >= 0.3 is 0 Å². The van der Waals surface area contributed by atoms with Gasteiger partial charge in [-0.1, -0.05) is 24.3 Å². The summed E-state index contributed by atoms with van der Waals surface area (Å²) in [5, 5.41) is 2.88. The Balaban J connectivity index is 1.30. The lowest BCUT2D eigenvalue weighted by molar-refractivity contribution is 0.0928. The Morgan fingerprint density at radius 1 is 0.969 bits per heavy atom. The van der Waals surface area contributed by atoms with Gasteiger partial charge in [0.2, 0.25) is 10.0 Å². The SMILES string of the molecule is O=C(NCc1cccc(COCc2ccco2)c1)c1ccc(S(=O)(=O)N2CCCC2)cc1. The molecule has 0 atom stereocenters. The first-order valence-electron chi connectivity index (χ1n) is 10.6. The number of hydrogen-bond acceptors (Lipinski definition) is 5. The van der Waals surface area contributed by atoms with Gasteiger partial charge in [-0.2, -0.15) is 4.31 Å². The second kappa shape index (κ2) is 10.1. The highest BCUT2D eigenvalue weighted by atomic mass is 32.2. The van der Waals surface area contributed by atoms with Gasteiger partial charge in [-0.3, -0.25) is 4.79 Å². The number of sulfonamides is 1. The smallest absolute Gasteiger partial charge is 0.251 e. The molecule has 1 N–H and O–H groups in total. The van der Waals surface area contributed by atoms with Gasteiger partial charge in [-0.15, -0.1) is 0 Å². The predicted molar refractivity (Wildman–Crippen MR) is 119 cm³/mol. The van der Waals surface area contributed by atoms with Crippen molar-refractivity contribution in [1.82, 2.24) is 9.62 Å². The summed E-state index contributed by atoms with van der Waals surface area (Å²) in [5.74, 6) is 0.516. The number of furan rings is 1. The summed E-state index contributed by atoms with van der Waals surface area (Å²) in [4.78, 5) is 12.7. The highest BCUT2D eigenvalue weighted by molar-refractivity contribution is 7.89. The summed E-state index contributed by atoms with van der Waals surface area (Å²) in [6, 6.07) is 17.6. The van der Waals surface area contributed by atoms with Crippen LogP contribution in [0.4, 0.5) is 0 Å². The third-order valence-corrected chi connectivity index (χ3v) is 7.27. The average molecular weight is 455 g/mol. The maximum Gasteiger partial charge on any atom is 0.251 e. The van der Waals surface area contributed by atoms with Gasteiger partial charge in [0.15, 0.2) is 0 Å². The molecule has 32 heavy (non-hydrogen) atoms. The summed E-state index contributed by atoms with van der Waals surface area (Å²) in [6.45, 7) is 2.31. The van der Waals surface area contributed by atoms with Crippen molar-refractivity contribution < 1.29 is 22.4 Å². The quantitative estimate of drug-likeness (QED) is 0.532. The van der Waals surface area contributed by atoms with Gasteiger partial charge in [0, 0.05) is 25.2 Å². The molecule has 168 valence electrons. The van der Waals surface area contributed by atoms with Crippen molar-refractivity contribution in [2.75, 3.05) is 13.1 Å². The Morgan fingerprint density at radius 3 is 2.44 bits per heavy atom. The monoisotopic (exact) mass is 454 g/mol. The molecule has 1 aliphatic rings. The molecule has 0 unspecified atom stereocenters. The number of benzene rings is 2. The van der Waals surface area contributed by atoms with E-state index in [4.69, 9.17) is 9.15 Å². The molecule has 3 aromatic rings. The van der Waals surface area contributed by atoms with E-state index in [1.807, 2.05) is 36.4 Å². The molecule has 4 rings (SSSR count). The van der Waals surface area contributed by atoms with Crippen LogP contribution in [-0.4, -0.2) is 31.7 Å². The van der Waals surface area contributed by atoms with Crippen LogP contribution in [0, 0.1) is 0 Å². The van der Waals surface area contributed by atoms with Crippen LogP contribution in [0.25, 0.3) is 0 Å². The number of nitrogens with one attached hydrogen (secondary N) is 1. The van der Waals surface area contributed by atoms with Gasteiger partial charge in [-0.25, -0.2) is 8.42 Å². The van der Waals surface area contributed by atoms with E-state index in [1.54, 1.807) is 18.4 Å². The maximum absolute atomic E-state index is 12.6. The van der Waals surface area contributed by atoms with Crippen LogP contribution in [0.5, 0.6) is 0 Å². The second-order valence-electron chi connectivity index (χ2n) is 7.71. The lowest BCUT2D eigenvalue weighted by Gasteiger charge is -2.15. The van der Waals surface area contributed by atoms with E-state index >= 15 is 0 Å². The van der Waals surface area contributed by atoms with Crippen molar-refractivity contribution in [1.29, 1.82) is 0 Å². The highest BCUT2D eigenvalue weighted by Crippen LogP contribution is 2.21. The minimum Gasteiger partial charge on any atom is -0.467 e. The molecule has 2 heterocycles. The topological polar surface area (TPSA) is 88.8 Å². The zero-order valence-electron chi connectivity index (χ0n) is 17.7. The van der Waals surface area contributed by atoms with Gasteiger partial charge in [0.25, 0.3) is 5.91 Å². The number of carbonyl (C=O) groups is 1. The standard InChI is InChI=1S/C24H26N2O5S/c27-24(21-8-10-23(11-9-21)32(28,29)26-12-1-2-13-26)25-16-19-5-3-6-20(15-19)17-30-18-22-7-4-14-31-22/h3-11,14-15H,1-2,12-13,16-18H2,(H,25,27). The molecule has 0 saturated carbocycles. The molecule has 0 aliphatic carbocycles. The van der Waals surface area contributed by atoms with E-state index < -0.39 is 10.0 Å². The third kappa shape index (κ3) is 5.45. The lowest BCUT2D eigenvalue weighted by atomic mass is 10.1. The van der Waals surface area contributed by atoms with Gasteiger partial charge in [0.05, 0.1) is 17.8 Å². The van der Waals surface area contributed by atoms with E-state index in [0.717, 1.165) is 29.7 Å². The summed E-state index contributed by atoms with van der Waals surface area (Å²) < 4.78 is 37.6. The Bertz CT molecular complexity index is 1140. The van der Waals surface area contributed by atoms with E-state index in [-0.39, 0.29) is 10.8 Å². The number of rotatable bonds is 9. The number of carbonyl (C=O) groups excluding carboxylic acids is 1. The van der Waals surface area contributed by atoms with Gasteiger partial charge in [-0.05, 0) is 60.4 Å². The molecular formula is C24H26N2O5S. The molecular weight excluding hydrogens is 428 g/mol. The van der Waals surface area contributed by atoms with Crippen LogP contribution >= 0.6 is 0 Å². The Labute approximate surface area is 188 Å². The van der Waals surface area contributed by atoms with Crippen molar-refractivity contribution in [2.45, 2.75) is 37.5 Å². The third-order valence-electron chi connectivity index (χ3n) is 5.36. The highest BCUT2D eigenvalue weighted by Gasteiger charge is 2.27. The Kier molecular flexibility index (Phi) is 7.04. The maximum atomic E-state index is 12.6. The number of ether oxygens (including phenoxy) is 1. The summed E-state index contributed by atoms with van der Waals surface area (Å²) in [6.07, 6.45) is 3.38. The van der Waals surface area contributed by atoms with Crippen LogP contribution < -0.4 is 5.32 Å². The first-order valence-corrected chi connectivity index (χ1v) is 12.0. The normalized spacial score (nSPS) is 14.5. The average Bonchev–Trinajstić information content (AvgIpc) is 3.53. The number of nitrogens with zero attached hydrogens (tertiary/aromatic N) is 1. The molecule has 1 aromatic heterocycles.